The molecule has 0 radical (unpaired) electrons. The number of likely N-dealkylation sites (N-methyl/N-ethyl adjacent to an activating group) is 1. The lowest BCUT2D eigenvalue weighted by Gasteiger charge is -2.30. The molecule has 0 aliphatic carbocycles. The minimum absolute atomic E-state index is 0.0278. The smallest absolute Gasteiger partial charge is 0.255 e. The Balaban J connectivity index is 1.45. The molecular weight excluding hydrogens is 404 g/mol. The number of hydrogen-bond acceptors (Lipinski definition) is 5. The van der Waals surface area contributed by atoms with E-state index in [1.54, 1.807) is 22.3 Å². The van der Waals surface area contributed by atoms with Gasteiger partial charge in [0.15, 0.2) is 0 Å². The summed E-state index contributed by atoms with van der Waals surface area (Å²) in [6, 6.07) is 6.20. The van der Waals surface area contributed by atoms with E-state index < -0.39 is 0 Å². The van der Waals surface area contributed by atoms with E-state index in [0.717, 1.165) is 70.4 Å². The maximum Gasteiger partial charge on any atom is 0.255 e. The third kappa shape index (κ3) is 4.13. The molecular formula is C25H26N4OS. The maximum absolute atomic E-state index is 13.3. The molecule has 4 heterocycles. The SMILES string of the molecule is Cc1nc2ccc(C3=CC(=O)N4C=C(N5CCCN(C)CC5)C=C/C4=C\C=C3)cc2s1. The van der Waals surface area contributed by atoms with Gasteiger partial charge < -0.3 is 9.80 Å². The fourth-order valence-electron chi connectivity index (χ4n) is 4.22. The molecule has 1 aromatic carbocycles. The number of fused-ring (bicyclic) bond motifs is 2. The van der Waals surface area contributed by atoms with E-state index >= 15 is 0 Å². The van der Waals surface area contributed by atoms with Crippen molar-refractivity contribution in [3.05, 3.63) is 82.8 Å². The fourth-order valence-corrected chi connectivity index (χ4v) is 5.09. The second-order valence-corrected chi connectivity index (χ2v) is 9.44. The minimum Gasteiger partial charge on any atom is -0.369 e. The van der Waals surface area contributed by atoms with Gasteiger partial charge in [-0.15, -0.1) is 11.3 Å². The van der Waals surface area contributed by atoms with E-state index in [1.807, 2.05) is 49.6 Å². The number of carbonyl (C=O) groups excluding carboxylic acids is 1. The van der Waals surface area contributed by atoms with Crippen LogP contribution >= 0.6 is 11.3 Å². The molecule has 6 heteroatoms. The molecule has 0 unspecified atom stereocenters. The predicted molar refractivity (Wildman–Crippen MR) is 127 cm³/mol. The van der Waals surface area contributed by atoms with Gasteiger partial charge in [0.05, 0.1) is 20.9 Å². The van der Waals surface area contributed by atoms with Gasteiger partial charge in [0.1, 0.15) is 0 Å². The van der Waals surface area contributed by atoms with Crippen molar-refractivity contribution >= 4 is 33.0 Å². The zero-order valence-electron chi connectivity index (χ0n) is 17.9. The van der Waals surface area contributed by atoms with Crippen LogP contribution in [0.4, 0.5) is 0 Å². The van der Waals surface area contributed by atoms with E-state index in [-0.39, 0.29) is 5.91 Å². The Kier molecular flexibility index (Phi) is 5.34. The van der Waals surface area contributed by atoms with Crippen LogP contribution < -0.4 is 0 Å². The number of aromatic nitrogens is 1. The van der Waals surface area contributed by atoms with Crippen LogP contribution in [0.5, 0.6) is 0 Å². The first kappa shape index (κ1) is 20.0. The average molecular weight is 431 g/mol. The molecule has 31 heavy (non-hydrogen) atoms. The Morgan fingerprint density at radius 1 is 1.03 bits per heavy atom. The van der Waals surface area contributed by atoms with Crippen LogP contribution in [-0.2, 0) is 4.79 Å². The highest BCUT2D eigenvalue weighted by atomic mass is 32.1. The minimum atomic E-state index is -0.0278. The number of thiazole rings is 1. The summed E-state index contributed by atoms with van der Waals surface area (Å²) in [5.41, 5.74) is 4.94. The van der Waals surface area contributed by atoms with E-state index in [0.29, 0.717) is 0 Å². The molecule has 5 rings (SSSR count). The Hall–Kier alpha value is -2.96. The van der Waals surface area contributed by atoms with Crippen molar-refractivity contribution in [2.75, 3.05) is 33.2 Å². The van der Waals surface area contributed by atoms with Gasteiger partial charge in [-0.1, -0.05) is 18.2 Å². The predicted octanol–water partition coefficient (Wildman–Crippen LogP) is 4.32. The Morgan fingerprint density at radius 3 is 2.81 bits per heavy atom. The first-order valence-corrected chi connectivity index (χ1v) is 11.5. The summed E-state index contributed by atoms with van der Waals surface area (Å²) in [6.07, 6.45) is 15.1. The molecule has 158 valence electrons. The molecule has 2 aromatic rings. The van der Waals surface area contributed by atoms with Gasteiger partial charge in [-0.25, -0.2) is 4.98 Å². The van der Waals surface area contributed by atoms with E-state index in [9.17, 15) is 4.79 Å². The topological polar surface area (TPSA) is 39.7 Å². The van der Waals surface area contributed by atoms with Gasteiger partial charge in [-0.3, -0.25) is 9.69 Å². The molecule has 5 nitrogen and oxygen atoms in total. The van der Waals surface area contributed by atoms with Crippen molar-refractivity contribution in [2.45, 2.75) is 13.3 Å². The maximum atomic E-state index is 13.3. The number of benzene rings is 1. The van der Waals surface area contributed by atoms with E-state index in [1.165, 1.54) is 0 Å². The quantitative estimate of drug-likeness (QED) is 0.711. The lowest BCUT2D eigenvalue weighted by Crippen LogP contribution is -2.32. The third-order valence-electron chi connectivity index (χ3n) is 5.94. The molecule has 0 saturated carbocycles. The molecule has 0 N–H and O–H groups in total. The zero-order valence-corrected chi connectivity index (χ0v) is 18.7. The van der Waals surface area contributed by atoms with Crippen molar-refractivity contribution in [1.29, 1.82) is 0 Å². The van der Waals surface area contributed by atoms with Gasteiger partial charge in [0.2, 0.25) is 0 Å². The van der Waals surface area contributed by atoms with E-state index in [2.05, 4.69) is 34.0 Å². The lowest BCUT2D eigenvalue weighted by molar-refractivity contribution is -0.122. The third-order valence-corrected chi connectivity index (χ3v) is 6.87. The van der Waals surface area contributed by atoms with Crippen molar-refractivity contribution in [2.24, 2.45) is 0 Å². The largest absolute Gasteiger partial charge is 0.369 e. The van der Waals surface area contributed by atoms with Gasteiger partial charge in [-0.05, 0) is 68.4 Å². The summed E-state index contributed by atoms with van der Waals surface area (Å²) < 4.78 is 1.14. The summed E-state index contributed by atoms with van der Waals surface area (Å²) >= 11 is 1.68. The molecule has 0 bridgehead atoms. The van der Waals surface area contributed by atoms with Gasteiger partial charge in [0.25, 0.3) is 5.91 Å². The highest BCUT2D eigenvalue weighted by Gasteiger charge is 2.22. The number of nitrogens with zero attached hydrogens (tertiary/aromatic N) is 4. The fraction of sp³-hybridized carbons (Fsp3) is 0.280. The Morgan fingerprint density at radius 2 is 1.90 bits per heavy atom. The van der Waals surface area contributed by atoms with Crippen molar-refractivity contribution in [3.63, 3.8) is 0 Å². The normalized spacial score (nSPS) is 21.7. The molecule has 0 atom stereocenters. The van der Waals surface area contributed by atoms with Crippen molar-refractivity contribution in [1.82, 2.24) is 19.7 Å². The first-order valence-electron chi connectivity index (χ1n) is 10.7. The highest BCUT2D eigenvalue weighted by molar-refractivity contribution is 7.18. The van der Waals surface area contributed by atoms with Crippen LogP contribution in [0.3, 0.4) is 0 Å². The molecule has 1 saturated heterocycles. The summed E-state index contributed by atoms with van der Waals surface area (Å²) in [4.78, 5) is 24.3. The van der Waals surface area contributed by atoms with Crippen molar-refractivity contribution < 1.29 is 4.79 Å². The standard InChI is InChI=1S/C25H26N4OS/c1-18-26-23-10-7-20(15-24(23)31-18)19-5-3-6-21-8-9-22(17-29(21)25(30)16-19)28-12-4-11-27(2)13-14-28/h3,5-10,15-17H,4,11-14H2,1-2H3/b5-3?,19-16?,21-6+. The lowest BCUT2D eigenvalue weighted by atomic mass is 10.0. The monoisotopic (exact) mass is 430 g/mol. The van der Waals surface area contributed by atoms with Gasteiger partial charge in [0, 0.05) is 37.6 Å². The van der Waals surface area contributed by atoms with Crippen LogP contribution in [-0.4, -0.2) is 58.8 Å². The van der Waals surface area contributed by atoms with Gasteiger partial charge in [-0.2, -0.15) is 0 Å². The molecule has 1 aromatic heterocycles. The summed E-state index contributed by atoms with van der Waals surface area (Å²) in [7, 11) is 2.17. The van der Waals surface area contributed by atoms with Crippen LogP contribution in [0, 0.1) is 6.92 Å². The second-order valence-electron chi connectivity index (χ2n) is 8.21. The Bertz CT molecular complexity index is 1180. The molecule has 1 fully saturated rings. The van der Waals surface area contributed by atoms with Crippen LogP contribution in [0.15, 0.2) is 72.2 Å². The number of amides is 1. The molecule has 3 aliphatic heterocycles. The highest BCUT2D eigenvalue weighted by Crippen LogP contribution is 2.29. The molecule has 3 aliphatic rings. The second kappa shape index (κ2) is 8.29. The van der Waals surface area contributed by atoms with Crippen LogP contribution in [0.25, 0.3) is 15.8 Å². The summed E-state index contributed by atoms with van der Waals surface area (Å²) in [5, 5.41) is 1.05. The first-order chi connectivity index (χ1) is 15.1. The molecule has 0 spiro atoms. The molecule has 1 amide bonds. The Labute approximate surface area is 187 Å². The van der Waals surface area contributed by atoms with Crippen LogP contribution in [0.2, 0.25) is 0 Å². The average Bonchev–Trinajstić information content (AvgIpc) is 2.99. The van der Waals surface area contributed by atoms with E-state index in [4.69, 9.17) is 0 Å². The number of carbonyl (C=O) groups is 1. The number of aryl methyl sites for hydroxylation is 1. The summed E-state index contributed by atoms with van der Waals surface area (Å²) in [6.45, 7) is 6.15. The van der Waals surface area contributed by atoms with Crippen LogP contribution in [0.1, 0.15) is 17.0 Å². The van der Waals surface area contributed by atoms with Gasteiger partial charge >= 0.3 is 0 Å². The number of rotatable bonds is 2. The summed E-state index contributed by atoms with van der Waals surface area (Å²) in [5.74, 6) is -0.0278. The number of allylic oxidation sites excluding steroid dienone is 6. The van der Waals surface area contributed by atoms with Crippen molar-refractivity contribution in [3.8, 4) is 0 Å². The zero-order chi connectivity index (χ0) is 21.4. The number of hydrogen-bond donors (Lipinski definition) is 0.